The summed E-state index contributed by atoms with van der Waals surface area (Å²) in [5.41, 5.74) is 0.770. The number of allylic oxidation sites excluding steroid dienone is 1. The van der Waals surface area contributed by atoms with Crippen LogP contribution in [-0.2, 0) is 4.79 Å². The number of carbonyl (C=O) groups is 1. The highest BCUT2D eigenvalue weighted by Crippen LogP contribution is 2.11. The van der Waals surface area contributed by atoms with Crippen LogP contribution in [0, 0.1) is 11.3 Å². The largest absolute Gasteiger partial charge is 0.508 e. The average molecular weight is 173 g/mol. The molecular formula is C10H7NO2. The molecule has 0 aliphatic heterocycles. The fraction of sp³-hybridized carbons (Fsp3) is 0. The monoisotopic (exact) mass is 173 g/mol. The molecule has 0 aliphatic carbocycles. The van der Waals surface area contributed by atoms with Crippen LogP contribution in [0.15, 0.2) is 29.8 Å². The van der Waals surface area contributed by atoms with E-state index >= 15 is 0 Å². The summed E-state index contributed by atoms with van der Waals surface area (Å²) in [6.45, 7) is 0. The molecule has 1 aromatic rings. The molecule has 0 aromatic heterocycles. The van der Waals surface area contributed by atoms with Crippen LogP contribution in [0.1, 0.15) is 5.56 Å². The zero-order chi connectivity index (χ0) is 9.68. The lowest BCUT2D eigenvalue weighted by atomic mass is 10.1. The lowest BCUT2D eigenvalue weighted by Crippen LogP contribution is -1.79. The van der Waals surface area contributed by atoms with Crippen molar-refractivity contribution in [3.63, 3.8) is 0 Å². The highest BCUT2D eigenvalue weighted by atomic mass is 16.3. The first-order valence-electron chi connectivity index (χ1n) is 3.62. The van der Waals surface area contributed by atoms with Crippen molar-refractivity contribution >= 4 is 12.4 Å². The van der Waals surface area contributed by atoms with Gasteiger partial charge in [-0.05, 0) is 23.8 Å². The molecule has 0 saturated heterocycles. The summed E-state index contributed by atoms with van der Waals surface area (Å²) in [6.07, 6.45) is 1.94. The summed E-state index contributed by atoms with van der Waals surface area (Å²) >= 11 is 0. The van der Waals surface area contributed by atoms with Gasteiger partial charge in [-0.3, -0.25) is 4.79 Å². The highest BCUT2D eigenvalue weighted by molar-refractivity contribution is 5.86. The first-order chi connectivity index (χ1) is 6.26. The average Bonchev–Trinajstić information content (AvgIpc) is 2.17. The van der Waals surface area contributed by atoms with Crippen molar-refractivity contribution in [2.75, 3.05) is 0 Å². The summed E-state index contributed by atoms with van der Waals surface area (Å²) in [5, 5.41) is 17.4. The fourth-order valence-electron chi connectivity index (χ4n) is 0.843. The number of phenolic OH excluding ortho intramolecular Hbond substituents is 1. The van der Waals surface area contributed by atoms with Gasteiger partial charge in [-0.15, -0.1) is 0 Å². The van der Waals surface area contributed by atoms with E-state index < -0.39 is 0 Å². The molecule has 0 unspecified atom stereocenters. The summed E-state index contributed by atoms with van der Waals surface area (Å²) < 4.78 is 0. The molecule has 0 aliphatic rings. The predicted molar refractivity (Wildman–Crippen MR) is 47.8 cm³/mol. The topological polar surface area (TPSA) is 61.1 Å². The van der Waals surface area contributed by atoms with E-state index in [9.17, 15) is 4.79 Å². The van der Waals surface area contributed by atoms with Gasteiger partial charge in [-0.2, -0.15) is 5.26 Å². The van der Waals surface area contributed by atoms with E-state index in [0.29, 0.717) is 11.8 Å². The Morgan fingerprint density at radius 3 is 2.46 bits per heavy atom. The molecule has 3 heteroatoms. The smallest absolute Gasteiger partial charge is 0.160 e. The molecule has 13 heavy (non-hydrogen) atoms. The first-order valence-corrected chi connectivity index (χ1v) is 3.62. The quantitative estimate of drug-likeness (QED) is 0.418. The van der Waals surface area contributed by atoms with Crippen LogP contribution in [0.4, 0.5) is 0 Å². The molecule has 1 rings (SSSR count). The minimum atomic E-state index is 0.0608. The lowest BCUT2D eigenvalue weighted by molar-refractivity contribution is -0.104. The second-order valence-corrected chi connectivity index (χ2v) is 2.42. The Labute approximate surface area is 75.5 Å². The molecule has 0 fully saturated rings. The highest BCUT2D eigenvalue weighted by Gasteiger charge is 1.93. The first kappa shape index (κ1) is 9.01. The van der Waals surface area contributed by atoms with Gasteiger partial charge in [0.05, 0.1) is 5.57 Å². The Hall–Kier alpha value is -2.08. The van der Waals surface area contributed by atoms with Crippen LogP contribution in [0.3, 0.4) is 0 Å². The van der Waals surface area contributed by atoms with E-state index in [2.05, 4.69) is 0 Å². The number of nitriles is 1. The van der Waals surface area contributed by atoms with Gasteiger partial charge in [-0.1, -0.05) is 12.1 Å². The van der Waals surface area contributed by atoms with Gasteiger partial charge < -0.3 is 5.11 Å². The van der Waals surface area contributed by atoms with Crippen LogP contribution in [-0.4, -0.2) is 11.4 Å². The van der Waals surface area contributed by atoms with Crippen molar-refractivity contribution in [3.8, 4) is 11.8 Å². The lowest BCUT2D eigenvalue weighted by Gasteiger charge is -1.93. The molecule has 0 radical (unpaired) electrons. The maximum Gasteiger partial charge on any atom is 0.160 e. The van der Waals surface area contributed by atoms with E-state index in [0.717, 1.165) is 0 Å². The van der Waals surface area contributed by atoms with Crippen LogP contribution in [0.2, 0.25) is 0 Å². The number of aromatic hydroxyl groups is 1. The van der Waals surface area contributed by atoms with Crippen molar-refractivity contribution in [2.24, 2.45) is 0 Å². The minimum absolute atomic E-state index is 0.0608. The Morgan fingerprint density at radius 2 is 2.00 bits per heavy atom. The number of nitrogens with zero attached hydrogens (tertiary/aromatic N) is 1. The number of carbonyl (C=O) groups excluding carboxylic acids is 1. The fourth-order valence-corrected chi connectivity index (χ4v) is 0.843. The van der Waals surface area contributed by atoms with Crippen molar-refractivity contribution in [1.82, 2.24) is 0 Å². The third-order valence-electron chi connectivity index (χ3n) is 1.47. The molecule has 3 nitrogen and oxygen atoms in total. The molecular weight excluding hydrogens is 166 g/mol. The van der Waals surface area contributed by atoms with Crippen molar-refractivity contribution in [2.45, 2.75) is 0 Å². The molecule has 0 heterocycles. The van der Waals surface area contributed by atoms with E-state index in [-0.39, 0.29) is 11.3 Å². The second-order valence-electron chi connectivity index (χ2n) is 2.42. The SMILES string of the molecule is N#C/C(C=O)=C\c1ccc(O)cc1. The molecule has 0 atom stereocenters. The Kier molecular flexibility index (Phi) is 2.82. The van der Waals surface area contributed by atoms with Crippen LogP contribution in [0.25, 0.3) is 6.08 Å². The Morgan fingerprint density at radius 1 is 1.38 bits per heavy atom. The van der Waals surface area contributed by atoms with Crippen LogP contribution in [0.5, 0.6) is 5.75 Å². The standard InChI is InChI=1S/C10H7NO2/c11-6-9(7-12)5-8-1-3-10(13)4-2-8/h1-5,7,13H/b9-5+. The van der Waals surface area contributed by atoms with E-state index in [1.165, 1.54) is 18.2 Å². The van der Waals surface area contributed by atoms with Gasteiger partial charge in [0.15, 0.2) is 6.29 Å². The predicted octanol–water partition coefficient (Wildman–Crippen LogP) is 1.50. The van der Waals surface area contributed by atoms with Gasteiger partial charge in [-0.25, -0.2) is 0 Å². The number of hydrogen-bond acceptors (Lipinski definition) is 3. The molecule has 64 valence electrons. The normalized spacial score (nSPS) is 10.5. The summed E-state index contributed by atoms with van der Waals surface area (Å²) in [6, 6.07) is 7.97. The second kappa shape index (κ2) is 4.07. The molecule has 1 aromatic carbocycles. The molecule has 0 spiro atoms. The molecule has 0 amide bonds. The van der Waals surface area contributed by atoms with Gasteiger partial charge in [0.25, 0.3) is 0 Å². The Bertz CT molecular complexity index is 371. The van der Waals surface area contributed by atoms with Crippen molar-refractivity contribution in [1.29, 1.82) is 5.26 Å². The summed E-state index contributed by atoms with van der Waals surface area (Å²) in [5.74, 6) is 0.154. The number of benzene rings is 1. The van der Waals surface area contributed by atoms with Gasteiger partial charge in [0.1, 0.15) is 11.8 Å². The number of hydrogen-bond donors (Lipinski definition) is 1. The van der Waals surface area contributed by atoms with Gasteiger partial charge >= 0.3 is 0 Å². The number of aldehydes is 1. The molecule has 1 N–H and O–H groups in total. The van der Waals surface area contributed by atoms with Crippen molar-refractivity contribution < 1.29 is 9.90 Å². The van der Waals surface area contributed by atoms with Gasteiger partial charge in [0, 0.05) is 0 Å². The third-order valence-corrected chi connectivity index (χ3v) is 1.47. The summed E-state index contributed by atoms with van der Waals surface area (Å²) in [4.78, 5) is 10.3. The maximum absolute atomic E-state index is 10.3. The number of rotatable bonds is 2. The minimum Gasteiger partial charge on any atom is -0.508 e. The van der Waals surface area contributed by atoms with Gasteiger partial charge in [0.2, 0.25) is 0 Å². The zero-order valence-corrected chi connectivity index (χ0v) is 6.77. The number of phenols is 1. The maximum atomic E-state index is 10.3. The van der Waals surface area contributed by atoms with Crippen molar-refractivity contribution in [3.05, 3.63) is 35.4 Å². The van der Waals surface area contributed by atoms with Crippen LogP contribution < -0.4 is 0 Å². The van der Waals surface area contributed by atoms with E-state index in [4.69, 9.17) is 10.4 Å². The van der Waals surface area contributed by atoms with Crippen LogP contribution >= 0.6 is 0 Å². The zero-order valence-electron chi connectivity index (χ0n) is 6.77. The van der Waals surface area contributed by atoms with E-state index in [1.54, 1.807) is 18.2 Å². The summed E-state index contributed by atoms with van der Waals surface area (Å²) in [7, 11) is 0. The Balaban J connectivity index is 2.98. The third kappa shape index (κ3) is 2.46. The molecule has 0 saturated carbocycles. The van der Waals surface area contributed by atoms with E-state index in [1.807, 2.05) is 0 Å². The molecule has 0 bridgehead atoms.